The zero-order chi connectivity index (χ0) is 23.3. The number of methoxy groups -OCH3 is 1. The van der Waals surface area contributed by atoms with Crippen molar-refractivity contribution in [2.45, 2.75) is 38.4 Å². The predicted octanol–water partition coefficient (Wildman–Crippen LogP) is 2.87. The van der Waals surface area contributed by atoms with Crippen LogP contribution >= 0.6 is 0 Å². The molecule has 0 spiro atoms. The van der Waals surface area contributed by atoms with Gasteiger partial charge in [0.25, 0.3) is 0 Å². The summed E-state index contributed by atoms with van der Waals surface area (Å²) in [5.74, 6) is 5.43. The van der Waals surface area contributed by atoms with E-state index >= 15 is 0 Å². The number of amides is 1. The van der Waals surface area contributed by atoms with Gasteiger partial charge >= 0.3 is 6.18 Å². The number of rotatable bonds is 6. The molecule has 172 valence electrons. The van der Waals surface area contributed by atoms with Crippen LogP contribution in [0.5, 0.6) is 5.75 Å². The van der Waals surface area contributed by atoms with Crippen molar-refractivity contribution in [1.82, 2.24) is 14.5 Å². The highest BCUT2D eigenvalue weighted by Gasteiger charge is 2.36. The normalized spacial score (nSPS) is 18.3. The number of halogens is 3. The van der Waals surface area contributed by atoms with Crippen LogP contribution in [-0.2, 0) is 4.79 Å². The minimum Gasteiger partial charge on any atom is -0.495 e. The van der Waals surface area contributed by atoms with Crippen LogP contribution in [0.1, 0.15) is 30.5 Å². The Bertz CT molecular complexity index is 1020. The zero-order valence-electron chi connectivity index (χ0n) is 17.8. The molecular weight excluding hydrogens is 425 g/mol. The van der Waals surface area contributed by atoms with Gasteiger partial charge in [-0.15, -0.1) is 0 Å². The molecule has 0 radical (unpaired) electrons. The lowest BCUT2D eigenvalue weighted by Crippen LogP contribution is -2.42. The van der Waals surface area contributed by atoms with Crippen LogP contribution in [-0.4, -0.2) is 64.7 Å². The smallest absolute Gasteiger partial charge is 0.406 e. The number of aromatic nitrogens is 2. The fourth-order valence-electron chi connectivity index (χ4n) is 3.54. The van der Waals surface area contributed by atoms with E-state index in [4.69, 9.17) is 10.6 Å². The highest BCUT2D eigenvalue weighted by molar-refractivity contribution is 6.38. The minimum absolute atomic E-state index is 0.0641. The van der Waals surface area contributed by atoms with Gasteiger partial charge in [0.2, 0.25) is 5.91 Å². The summed E-state index contributed by atoms with van der Waals surface area (Å²) in [4.78, 5) is 21.8. The van der Waals surface area contributed by atoms with Crippen LogP contribution in [0.25, 0.3) is 5.69 Å². The van der Waals surface area contributed by atoms with Gasteiger partial charge in [0.05, 0.1) is 31.0 Å². The van der Waals surface area contributed by atoms with Crippen LogP contribution < -0.4 is 10.6 Å². The summed E-state index contributed by atoms with van der Waals surface area (Å²) in [6.07, 6.45) is 1.85. The standard InChI is InChI=1S/C21H25F3N6O2/c1-14-11-30(13-27-14)18-7-6-15(9-19(18)32-2)17(28-25)10-26-16-5-3-4-8-29(20(16)31)12-21(22,23)24/h6-7,9-11,13,16H,3-5,8,12,25H2,1-2H3/b26-10?,28-17+. The molecule has 0 saturated carbocycles. The Kier molecular flexibility index (Phi) is 7.16. The van der Waals surface area contributed by atoms with Crippen LogP contribution in [0.3, 0.4) is 0 Å². The van der Waals surface area contributed by atoms with E-state index in [2.05, 4.69) is 15.1 Å². The quantitative estimate of drug-likeness (QED) is 0.416. The van der Waals surface area contributed by atoms with Crippen molar-refractivity contribution >= 4 is 17.8 Å². The molecule has 1 amide bonds. The van der Waals surface area contributed by atoms with Crippen LogP contribution in [0, 0.1) is 6.92 Å². The third kappa shape index (κ3) is 5.65. The highest BCUT2D eigenvalue weighted by Crippen LogP contribution is 2.25. The largest absolute Gasteiger partial charge is 0.495 e. The molecule has 1 fully saturated rings. The molecule has 1 aliphatic heterocycles. The van der Waals surface area contributed by atoms with Crippen molar-refractivity contribution in [3.8, 4) is 11.4 Å². The molecule has 1 aromatic carbocycles. The summed E-state index contributed by atoms with van der Waals surface area (Å²) in [6, 6.07) is 4.37. The van der Waals surface area contributed by atoms with E-state index < -0.39 is 24.7 Å². The lowest BCUT2D eigenvalue weighted by atomic mass is 10.1. The van der Waals surface area contributed by atoms with E-state index in [0.717, 1.165) is 16.3 Å². The van der Waals surface area contributed by atoms with Gasteiger partial charge in [0, 0.05) is 18.3 Å². The summed E-state index contributed by atoms with van der Waals surface area (Å²) >= 11 is 0. The van der Waals surface area contributed by atoms with Crippen LogP contribution in [0.2, 0.25) is 0 Å². The number of carbonyl (C=O) groups is 1. The number of alkyl halides is 3. The van der Waals surface area contributed by atoms with Gasteiger partial charge in [-0.05, 0) is 38.3 Å². The van der Waals surface area contributed by atoms with E-state index in [0.29, 0.717) is 30.6 Å². The molecule has 1 aliphatic rings. The molecule has 0 aliphatic carbocycles. The van der Waals surface area contributed by atoms with Crippen molar-refractivity contribution < 1.29 is 22.7 Å². The Morgan fingerprint density at radius 2 is 2.16 bits per heavy atom. The second-order valence-corrected chi connectivity index (χ2v) is 7.49. The number of carbonyl (C=O) groups excluding carboxylic acids is 1. The number of hydrogen-bond donors (Lipinski definition) is 1. The third-order valence-electron chi connectivity index (χ3n) is 5.10. The van der Waals surface area contributed by atoms with Crippen LogP contribution in [0.4, 0.5) is 13.2 Å². The first-order valence-corrected chi connectivity index (χ1v) is 10.1. The Hall–Kier alpha value is -3.37. The summed E-state index contributed by atoms with van der Waals surface area (Å²) in [7, 11) is 1.53. The van der Waals surface area contributed by atoms with Gasteiger partial charge < -0.3 is 20.0 Å². The van der Waals surface area contributed by atoms with E-state index in [1.165, 1.54) is 13.3 Å². The second kappa shape index (κ2) is 9.84. The number of nitrogens with zero attached hydrogens (tertiary/aromatic N) is 5. The molecule has 32 heavy (non-hydrogen) atoms. The lowest BCUT2D eigenvalue weighted by Gasteiger charge is -2.23. The summed E-state index contributed by atoms with van der Waals surface area (Å²) < 4.78 is 45.7. The average molecular weight is 450 g/mol. The topological polar surface area (TPSA) is 98.1 Å². The molecule has 8 nitrogen and oxygen atoms in total. The molecule has 2 heterocycles. The maximum absolute atomic E-state index is 12.8. The molecule has 0 bridgehead atoms. The first-order valence-electron chi connectivity index (χ1n) is 10.1. The summed E-state index contributed by atoms with van der Waals surface area (Å²) in [5, 5.41) is 3.74. The van der Waals surface area contributed by atoms with Crippen molar-refractivity contribution in [3.05, 3.63) is 42.0 Å². The highest BCUT2D eigenvalue weighted by atomic mass is 19.4. The van der Waals surface area contributed by atoms with E-state index in [9.17, 15) is 18.0 Å². The lowest BCUT2D eigenvalue weighted by molar-refractivity contribution is -0.161. The fourth-order valence-corrected chi connectivity index (χ4v) is 3.54. The van der Waals surface area contributed by atoms with Gasteiger partial charge in [0.15, 0.2) is 0 Å². The van der Waals surface area contributed by atoms with Gasteiger partial charge in [0.1, 0.15) is 24.0 Å². The molecule has 3 rings (SSSR count). The number of hydrogen-bond acceptors (Lipinski definition) is 6. The van der Waals surface area contributed by atoms with E-state index in [1.54, 1.807) is 24.5 Å². The molecule has 2 N–H and O–H groups in total. The molecule has 1 unspecified atom stereocenters. The number of nitrogens with two attached hydrogens (primary N) is 1. The molecule has 1 aromatic heterocycles. The van der Waals surface area contributed by atoms with Crippen LogP contribution in [0.15, 0.2) is 40.8 Å². The van der Waals surface area contributed by atoms with Gasteiger partial charge in [-0.3, -0.25) is 9.79 Å². The van der Waals surface area contributed by atoms with Crippen molar-refractivity contribution in [2.24, 2.45) is 15.9 Å². The first-order chi connectivity index (χ1) is 15.2. The number of aryl methyl sites for hydroxylation is 1. The monoisotopic (exact) mass is 450 g/mol. The molecule has 11 heteroatoms. The number of benzene rings is 1. The summed E-state index contributed by atoms with van der Waals surface area (Å²) in [6.45, 7) is 0.661. The second-order valence-electron chi connectivity index (χ2n) is 7.49. The number of aliphatic imine (C=N–C) groups is 1. The van der Waals surface area contributed by atoms with E-state index in [-0.39, 0.29) is 12.3 Å². The predicted molar refractivity (Wildman–Crippen MR) is 114 cm³/mol. The summed E-state index contributed by atoms with van der Waals surface area (Å²) in [5.41, 5.74) is 2.46. The Morgan fingerprint density at radius 3 is 2.78 bits per heavy atom. The van der Waals surface area contributed by atoms with Crippen molar-refractivity contribution in [3.63, 3.8) is 0 Å². The maximum atomic E-state index is 12.8. The Balaban J connectivity index is 1.81. The maximum Gasteiger partial charge on any atom is 0.406 e. The van der Waals surface area contributed by atoms with E-state index in [1.807, 2.05) is 17.7 Å². The van der Waals surface area contributed by atoms with Crippen molar-refractivity contribution in [2.75, 3.05) is 20.2 Å². The number of hydrazone groups is 1. The molecule has 1 saturated heterocycles. The third-order valence-corrected chi connectivity index (χ3v) is 5.10. The van der Waals surface area contributed by atoms with Gasteiger partial charge in [-0.1, -0.05) is 6.07 Å². The van der Waals surface area contributed by atoms with Gasteiger partial charge in [-0.2, -0.15) is 18.3 Å². The minimum atomic E-state index is -4.45. The van der Waals surface area contributed by atoms with Crippen molar-refractivity contribution in [1.29, 1.82) is 0 Å². The zero-order valence-corrected chi connectivity index (χ0v) is 17.8. The molecular formula is C21H25F3N6O2. The van der Waals surface area contributed by atoms with Gasteiger partial charge in [-0.25, -0.2) is 4.98 Å². The Morgan fingerprint density at radius 1 is 1.38 bits per heavy atom. The number of likely N-dealkylation sites (tertiary alicyclic amines) is 1. The SMILES string of the molecule is COc1cc(/C(C=NC2CCCCN(CC(F)(F)F)C2=O)=N/N)ccc1-n1cnc(C)c1. The fraction of sp³-hybridized carbons (Fsp3) is 0.429. The number of imidazole rings is 1. The Labute approximate surface area is 183 Å². The molecule has 2 aromatic rings. The number of ether oxygens (including phenoxy) is 1. The molecule has 1 atom stereocenters. The first kappa shape index (κ1) is 23.3. The average Bonchev–Trinajstić information content (AvgIpc) is 3.11.